The van der Waals surface area contributed by atoms with Crippen LogP contribution < -0.4 is 4.74 Å². The van der Waals surface area contributed by atoms with Gasteiger partial charge >= 0.3 is 0 Å². The molecule has 0 bridgehead atoms. The Morgan fingerprint density at radius 3 is 2.89 bits per heavy atom. The van der Waals surface area contributed by atoms with Gasteiger partial charge in [-0.15, -0.1) is 0 Å². The highest BCUT2D eigenvalue weighted by Crippen LogP contribution is 2.26. The molecule has 0 radical (unpaired) electrons. The molecular weight excluding hydrogens is 233 g/mol. The van der Waals surface area contributed by atoms with E-state index in [0.717, 1.165) is 27.8 Å². The Bertz CT molecular complexity index is 537. The second-order valence-electron chi connectivity index (χ2n) is 4.10. The van der Waals surface area contributed by atoms with E-state index in [-0.39, 0.29) is 13.3 Å². The first-order valence-electron chi connectivity index (χ1n) is 5.91. The highest BCUT2D eigenvalue weighted by Gasteiger charge is 2.09. The fourth-order valence-corrected chi connectivity index (χ4v) is 2.07. The number of hydrogen-bond acceptors (Lipinski definition) is 3. The van der Waals surface area contributed by atoms with Crippen LogP contribution in [0, 0.1) is 0 Å². The molecule has 3 nitrogen and oxygen atoms in total. The van der Waals surface area contributed by atoms with Crippen molar-refractivity contribution in [3.63, 3.8) is 0 Å². The molecule has 2 rings (SSSR count). The number of aromatic nitrogens is 1. The van der Waals surface area contributed by atoms with Gasteiger partial charge in [0.1, 0.15) is 5.75 Å². The van der Waals surface area contributed by atoms with Gasteiger partial charge in [-0.2, -0.15) is 0 Å². The minimum Gasteiger partial charge on any atom is -0.497 e. The average Bonchev–Trinajstić information content (AvgIpc) is 2.43. The number of aryl methyl sites for hydroxylation is 1. The number of aliphatic hydroxyl groups excluding tert-OH is 1. The standard InChI is InChI=1S/C14H16FNO2/c1-18-11-4-5-14-13(7-11)12(3-2-6-15)10(9-17)8-16-14/h4-5,7-8,17H,2-3,6,9H2,1H3. The second-order valence-corrected chi connectivity index (χ2v) is 4.10. The molecule has 0 saturated heterocycles. The van der Waals surface area contributed by atoms with E-state index < -0.39 is 0 Å². The van der Waals surface area contributed by atoms with Gasteiger partial charge in [0.05, 0.1) is 25.9 Å². The molecule has 0 atom stereocenters. The van der Waals surface area contributed by atoms with Crippen LogP contribution in [0.1, 0.15) is 17.5 Å². The number of rotatable bonds is 5. The van der Waals surface area contributed by atoms with E-state index in [9.17, 15) is 9.50 Å². The molecule has 4 heteroatoms. The van der Waals surface area contributed by atoms with Crippen LogP contribution in [0.3, 0.4) is 0 Å². The first-order chi connectivity index (χ1) is 8.80. The van der Waals surface area contributed by atoms with Crippen molar-refractivity contribution in [2.75, 3.05) is 13.8 Å². The van der Waals surface area contributed by atoms with Crippen LogP contribution in [0.4, 0.5) is 4.39 Å². The molecule has 0 aliphatic carbocycles. The van der Waals surface area contributed by atoms with Gasteiger partial charge in [0.15, 0.2) is 0 Å². The summed E-state index contributed by atoms with van der Waals surface area (Å²) in [4.78, 5) is 4.29. The van der Waals surface area contributed by atoms with Crippen molar-refractivity contribution in [3.8, 4) is 5.75 Å². The van der Waals surface area contributed by atoms with E-state index in [0.29, 0.717) is 12.8 Å². The number of aliphatic hydroxyl groups is 1. The maximum absolute atomic E-state index is 12.4. The third-order valence-electron chi connectivity index (χ3n) is 3.01. The topological polar surface area (TPSA) is 42.4 Å². The number of hydrogen-bond donors (Lipinski definition) is 1. The van der Waals surface area contributed by atoms with Crippen molar-refractivity contribution < 1.29 is 14.2 Å². The van der Waals surface area contributed by atoms with Crippen molar-refractivity contribution in [2.24, 2.45) is 0 Å². The monoisotopic (exact) mass is 249 g/mol. The smallest absolute Gasteiger partial charge is 0.119 e. The summed E-state index contributed by atoms with van der Waals surface area (Å²) in [6.45, 7) is -0.444. The zero-order valence-corrected chi connectivity index (χ0v) is 10.3. The lowest BCUT2D eigenvalue weighted by molar-refractivity contribution is 0.280. The Kier molecular flexibility index (Phi) is 4.10. The van der Waals surface area contributed by atoms with E-state index in [2.05, 4.69) is 4.98 Å². The lowest BCUT2D eigenvalue weighted by atomic mass is 9.99. The first kappa shape index (κ1) is 12.8. The van der Waals surface area contributed by atoms with Crippen LogP contribution in [-0.2, 0) is 13.0 Å². The zero-order valence-electron chi connectivity index (χ0n) is 10.3. The summed E-state index contributed by atoms with van der Waals surface area (Å²) in [5.74, 6) is 0.737. The number of nitrogens with zero attached hydrogens (tertiary/aromatic N) is 1. The van der Waals surface area contributed by atoms with Crippen LogP contribution in [0.25, 0.3) is 10.9 Å². The largest absolute Gasteiger partial charge is 0.497 e. The van der Waals surface area contributed by atoms with Crippen molar-refractivity contribution in [1.82, 2.24) is 4.98 Å². The quantitative estimate of drug-likeness (QED) is 0.885. The molecule has 0 aliphatic rings. The fourth-order valence-electron chi connectivity index (χ4n) is 2.07. The maximum Gasteiger partial charge on any atom is 0.119 e. The molecule has 1 aromatic carbocycles. The number of halogens is 1. The van der Waals surface area contributed by atoms with Crippen molar-refractivity contribution >= 4 is 10.9 Å². The number of alkyl halides is 1. The van der Waals surface area contributed by atoms with E-state index >= 15 is 0 Å². The van der Waals surface area contributed by atoms with Gasteiger partial charge in [-0.05, 0) is 42.2 Å². The minimum absolute atomic E-state index is 0.0816. The van der Waals surface area contributed by atoms with E-state index in [1.54, 1.807) is 13.3 Å². The number of methoxy groups -OCH3 is 1. The molecular formula is C14H16FNO2. The molecule has 0 spiro atoms. The number of benzene rings is 1. The predicted molar refractivity (Wildman–Crippen MR) is 68.5 cm³/mol. The average molecular weight is 249 g/mol. The number of pyridine rings is 1. The van der Waals surface area contributed by atoms with Gasteiger partial charge in [-0.1, -0.05) is 0 Å². The fraction of sp³-hybridized carbons (Fsp3) is 0.357. The van der Waals surface area contributed by atoms with E-state index in [4.69, 9.17) is 4.74 Å². The van der Waals surface area contributed by atoms with Crippen LogP contribution in [0.5, 0.6) is 5.75 Å². The Balaban J connectivity index is 2.58. The van der Waals surface area contributed by atoms with Crippen molar-refractivity contribution in [2.45, 2.75) is 19.4 Å². The predicted octanol–water partition coefficient (Wildman–Crippen LogP) is 2.64. The Hall–Kier alpha value is -1.68. The molecule has 96 valence electrons. The SMILES string of the molecule is COc1ccc2ncc(CO)c(CCCF)c2c1. The van der Waals surface area contributed by atoms with Gasteiger partial charge in [0, 0.05) is 11.6 Å². The first-order valence-corrected chi connectivity index (χ1v) is 5.91. The summed E-state index contributed by atoms with van der Waals surface area (Å²) in [6.07, 6.45) is 2.70. The van der Waals surface area contributed by atoms with Gasteiger partial charge in [-0.25, -0.2) is 0 Å². The molecule has 0 fully saturated rings. The Morgan fingerprint density at radius 2 is 2.22 bits per heavy atom. The number of ether oxygens (including phenoxy) is 1. The highest BCUT2D eigenvalue weighted by molar-refractivity contribution is 5.84. The Labute approximate surface area is 105 Å². The van der Waals surface area contributed by atoms with Gasteiger partial charge in [-0.3, -0.25) is 9.37 Å². The molecule has 0 unspecified atom stereocenters. The van der Waals surface area contributed by atoms with Crippen LogP contribution in [0.2, 0.25) is 0 Å². The van der Waals surface area contributed by atoms with Gasteiger partial charge in [0.2, 0.25) is 0 Å². The molecule has 2 aromatic rings. The maximum atomic E-state index is 12.4. The molecule has 1 N–H and O–H groups in total. The van der Waals surface area contributed by atoms with Crippen LogP contribution in [-0.4, -0.2) is 23.9 Å². The summed E-state index contributed by atoms with van der Waals surface area (Å²) in [5.41, 5.74) is 2.55. The molecule has 18 heavy (non-hydrogen) atoms. The highest BCUT2D eigenvalue weighted by atomic mass is 19.1. The Morgan fingerprint density at radius 1 is 1.39 bits per heavy atom. The summed E-state index contributed by atoms with van der Waals surface area (Å²) >= 11 is 0. The van der Waals surface area contributed by atoms with E-state index in [1.807, 2.05) is 18.2 Å². The molecule has 0 aliphatic heterocycles. The molecule has 1 heterocycles. The summed E-state index contributed by atoms with van der Waals surface area (Å²) in [7, 11) is 1.60. The zero-order chi connectivity index (χ0) is 13.0. The van der Waals surface area contributed by atoms with Crippen LogP contribution in [0.15, 0.2) is 24.4 Å². The summed E-state index contributed by atoms with van der Waals surface area (Å²) < 4.78 is 17.5. The molecule has 1 aromatic heterocycles. The second kappa shape index (κ2) is 5.78. The molecule has 0 saturated carbocycles. The van der Waals surface area contributed by atoms with Gasteiger partial charge in [0.25, 0.3) is 0 Å². The number of fused-ring (bicyclic) bond motifs is 1. The molecule has 0 amide bonds. The van der Waals surface area contributed by atoms with Crippen LogP contribution >= 0.6 is 0 Å². The summed E-state index contributed by atoms with van der Waals surface area (Å²) in [5, 5.41) is 10.3. The van der Waals surface area contributed by atoms with E-state index in [1.165, 1.54) is 0 Å². The lowest BCUT2D eigenvalue weighted by Crippen LogP contribution is -1.99. The van der Waals surface area contributed by atoms with Crippen molar-refractivity contribution in [1.29, 1.82) is 0 Å². The minimum atomic E-state index is -0.362. The third kappa shape index (κ3) is 2.43. The van der Waals surface area contributed by atoms with Gasteiger partial charge < -0.3 is 9.84 Å². The third-order valence-corrected chi connectivity index (χ3v) is 3.01. The normalized spacial score (nSPS) is 10.8. The lowest BCUT2D eigenvalue weighted by Gasteiger charge is -2.11. The summed E-state index contributed by atoms with van der Waals surface area (Å²) in [6, 6.07) is 5.59. The van der Waals surface area contributed by atoms with Crippen molar-refractivity contribution in [3.05, 3.63) is 35.5 Å².